The van der Waals surface area contributed by atoms with E-state index in [0.29, 0.717) is 54.1 Å². The maximum atomic E-state index is 15.3. The highest BCUT2D eigenvalue weighted by Gasteiger charge is 2.60. The Morgan fingerprint density at radius 3 is 2.73 bits per heavy atom. The number of hydrogen-bond donors (Lipinski definition) is 3. The lowest BCUT2D eigenvalue weighted by molar-refractivity contribution is 0.136. The molecule has 13 heteroatoms. The number of nitrogens with one attached hydrogen (secondary N) is 2. The monoisotopic (exact) mass is 528 g/mol. The van der Waals surface area contributed by atoms with Gasteiger partial charge < -0.3 is 20.5 Å². The molecular weight excluding hydrogens is 503 g/mol. The van der Waals surface area contributed by atoms with E-state index in [1.54, 1.807) is 18.3 Å². The summed E-state index contributed by atoms with van der Waals surface area (Å²) in [7, 11) is -3.25. The van der Waals surface area contributed by atoms with E-state index in [9.17, 15) is 13.2 Å². The van der Waals surface area contributed by atoms with Gasteiger partial charge in [0.15, 0.2) is 5.82 Å². The molecule has 2 aliphatic heterocycles. The first-order valence-corrected chi connectivity index (χ1v) is 13.6. The summed E-state index contributed by atoms with van der Waals surface area (Å²) in [6.07, 6.45) is 3.11. The second-order valence-corrected chi connectivity index (χ2v) is 11.6. The molecule has 4 N–H and O–H groups in total. The molecule has 0 radical (unpaired) electrons. The number of aromatic nitrogens is 2. The molecule has 3 aliphatic rings. The van der Waals surface area contributed by atoms with Crippen molar-refractivity contribution >= 4 is 44.1 Å². The summed E-state index contributed by atoms with van der Waals surface area (Å²) < 4.78 is 51.1. The standard InChI is InChI=1S/C24H25FN6O5S/c1-11-14(7-29-23-21(11)27-3-4-35-23)13-5-12-6-18(28-8-15(12)20(26)19(13)25)30-24(32)36-22-16-9-31(10-17(16)22)37(2,33)34/h5-8,16-17,22,27H,3-4,9-10,26H2,1-2H3,(H,28,30,32)/t16-,17+,22?. The Bertz CT molecular complexity index is 1550. The summed E-state index contributed by atoms with van der Waals surface area (Å²) in [5.74, 6) is 0.111. The van der Waals surface area contributed by atoms with Gasteiger partial charge in [-0.15, -0.1) is 0 Å². The maximum absolute atomic E-state index is 15.3. The van der Waals surface area contributed by atoms with Gasteiger partial charge >= 0.3 is 6.09 Å². The predicted octanol–water partition coefficient (Wildman–Crippen LogP) is 2.57. The normalized spacial score (nSPS) is 22.5. The number of hydrogen-bond acceptors (Lipinski definition) is 9. The Hall–Kier alpha value is -3.71. The van der Waals surface area contributed by atoms with E-state index >= 15 is 4.39 Å². The first-order chi connectivity index (χ1) is 17.6. The van der Waals surface area contributed by atoms with E-state index in [2.05, 4.69) is 20.6 Å². The van der Waals surface area contributed by atoms with E-state index in [0.717, 1.165) is 5.56 Å². The quantitative estimate of drug-likeness (QED) is 0.434. The van der Waals surface area contributed by atoms with Crippen LogP contribution in [-0.2, 0) is 14.8 Å². The van der Waals surface area contributed by atoms with E-state index in [1.807, 2.05) is 6.92 Å². The molecule has 1 unspecified atom stereocenters. The molecule has 1 amide bonds. The lowest BCUT2D eigenvalue weighted by Gasteiger charge is -2.22. The molecule has 37 heavy (non-hydrogen) atoms. The highest BCUT2D eigenvalue weighted by Crippen LogP contribution is 2.48. The van der Waals surface area contributed by atoms with Gasteiger partial charge in [0.25, 0.3) is 0 Å². The summed E-state index contributed by atoms with van der Waals surface area (Å²) in [6.45, 7) is 3.68. The Balaban J connectivity index is 1.23. The van der Waals surface area contributed by atoms with Crippen LogP contribution in [0.15, 0.2) is 24.5 Å². The molecule has 194 valence electrons. The number of anilines is 3. The number of sulfonamides is 1. The number of nitrogens with zero attached hydrogens (tertiary/aromatic N) is 3. The first-order valence-electron chi connectivity index (χ1n) is 11.8. The summed E-state index contributed by atoms with van der Waals surface area (Å²) in [6, 6.07) is 3.24. The zero-order chi connectivity index (χ0) is 26.1. The molecule has 1 saturated carbocycles. The van der Waals surface area contributed by atoms with Crippen LogP contribution in [0.5, 0.6) is 5.88 Å². The van der Waals surface area contributed by atoms with Gasteiger partial charge in [-0.2, -0.15) is 0 Å². The number of rotatable bonds is 4. The molecular formula is C24H25FN6O5S. The first kappa shape index (κ1) is 23.7. The largest absolute Gasteiger partial charge is 0.474 e. The van der Waals surface area contributed by atoms with Gasteiger partial charge in [-0.3, -0.25) is 5.32 Å². The van der Waals surface area contributed by atoms with Crippen molar-refractivity contribution in [2.45, 2.75) is 13.0 Å². The predicted molar refractivity (Wildman–Crippen MR) is 135 cm³/mol. The van der Waals surface area contributed by atoms with E-state index in [4.69, 9.17) is 15.2 Å². The summed E-state index contributed by atoms with van der Waals surface area (Å²) >= 11 is 0. The van der Waals surface area contributed by atoms with Crippen LogP contribution in [0.1, 0.15) is 5.56 Å². The fourth-order valence-corrected chi connectivity index (χ4v) is 6.08. The van der Waals surface area contributed by atoms with Gasteiger partial charge in [0, 0.05) is 60.4 Å². The minimum Gasteiger partial charge on any atom is -0.474 e. The number of nitrogen functional groups attached to an aromatic ring is 1. The van der Waals surface area contributed by atoms with Crippen LogP contribution in [0.4, 0.5) is 26.4 Å². The van der Waals surface area contributed by atoms with Crippen molar-refractivity contribution < 1.29 is 27.1 Å². The zero-order valence-corrected chi connectivity index (χ0v) is 20.9. The Morgan fingerprint density at radius 2 is 2.00 bits per heavy atom. The fraction of sp³-hybridized carbons (Fsp3) is 0.375. The average molecular weight is 529 g/mol. The van der Waals surface area contributed by atoms with Crippen LogP contribution in [-0.4, -0.2) is 67.4 Å². The third-order valence-corrected chi connectivity index (χ3v) is 8.50. The van der Waals surface area contributed by atoms with Crippen molar-refractivity contribution in [2.75, 3.05) is 48.9 Å². The molecule has 1 saturated heterocycles. The van der Waals surface area contributed by atoms with Crippen molar-refractivity contribution in [2.24, 2.45) is 11.8 Å². The van der Waals surface area contributed by atoms with Crippen LogP contribution < -0.4 is 21.1 Å². The van der Waals surface area contributed by atoms with Gasteiger partial charge in [0.05, 0.1) is 11.9 Å². The molecule has 0 bridgehead atoms. The molecule has 4 heterocycles. The second-order valence-electron chi connectivity index (χ2n) is 9.60. The third kappa shape index (κ3) is 4.07. The zero-order valence-electron chi connectivity index (χ0n) is 20.1. The Kier molecular flexibility index (Phi) is 5.38. The van der Waals surface area contributed by atoms with Gasteiger partial charge in [0.2, 0.25) is 15.9 Å². The van der Waals surface area contributed by atoms with Crippen molar-refractivity contribution in [3.05, 3.63) is 35.9 Å². The fourth-order valence-electron chi connectivity index (χ4n) is 5.19. The Morgan fingerprint density at radius 1 is 1.24 bits per heavy atom. The van der Waals surface area contributed by atoms with E-state index < -0.39 is 21.9 Å². The summed E-state index contributed by atoms with van der Waals surface area (Å²) in [5, 5.41) is 6.83. The van der Waals surface area contributed by atoms with E-state index in [1.165, 1.54) is 16.8 Å². The van der Waals surface area contributed by atoms with Crippen LogP contribution in [0, 0.1) is 24.6 Å². The van der Waals surface area contributed by atoms with Crippen molar-refractivity contribution in [3.63, 3.8) is 0 Å². The second kappa shape index (κ2) is 8.42. The molecule has 3 aromatic rings. The number of pyridine rings is 2. The number of amides is 1. The Labute approximate surface area is 212 Å². The summed E-state index contributed by atoms with van der Waals surface area (Å²) in [5.41, 5.74) is 8.40. The van der Waals surface area contributed by atoms with E-state index in [-0.39, 0.29) is 35.0 Å². The topological polar surface area (TPSA) is 149 Å². The van der Waals surface area contributed by atoms with Gasteiger partial charge in [0.1, 0.15) is 24.2 Å². The number of nitrogens with two attached hydrogens (primary N) is 1. The smallest absolute Gasteiger partial charge is 0.413 e. The number of piperidine rings is 1. The van der Waals surface area contributed by atoms with Gasteiger partial charge in [-0.25, -0.2) is 31.9 Å². The molecule has 3 atom stereocenters. The van der Waals surface area contributed by atoms with Crippen LogP contribution in [0.3, 0.4) is 0 Å². The highest BCUT2D eigenvalue weighted by molar-refractivity contribution is 7.88. The van der Waals surface area contributed by atoms with Crippen LogP contribution in [0.2, 0.25) is 0 Å². The number of benzene rings is 1. The number of ether oxygens (including phenoxy) is 2. The lowest BCUT2D eigenvalue weighted by Crippen LogP contribution is -2.32. The SMILES string of the molecule is Cc1c(-c2cc3cc(NC(=O)OC4[C@H]5CN(S(C)(=O)=O)C[C@@H]45)ncc3c(N)c2F)cnc2c1NCCO2. The van der Waals surface area contributed by atoms with Crippen LogP contribution >= 0.6 is 0 Å². The average Bonchev–Trinajstić information content (AvgIpc) is 3.27. The maximum Gasteiger partial charge on any atom is 0.413 e. The number of fused-ring (bicyclic) bond motifs is 3. The third-order valence-electron chi connectivity index (χ3n) is 7.26. The molecule has 2 fully saturated rings. The molecule has 1 aliphatic carbocycles. The number of halogens is 1. The minimum absolute atomic E-state index is 0.00345. The molecule has 6 rings (SSSR count). The van der Waals surface area contributed by atoms with Crippen molar-refractivity contribution in [3.8, 4) is 17.0 Å². The minimum atomic E-state index is -3.25. The highest BCUT2D eigenvalue weighted by atomic mass is 32.2. The number of carbonyl (C=O) groups excluding carboxylic acids is 1. The van der Waals surface area contributed by atoms with Crippen molar-refractivity contribution in [1.82, 2.24) is 14.3 Å². The van der Waals surface area contributed by atoms with Gasteiger partial charge in [-0.1, -0.05) is 0 Å². The van der Waals surface area contributed by atoms with Crippen molar-refractivity contribution in [1.29, 1.82) is 0 Å². The molecule has 1 aromatic carbocycles. The molecule has 11 nitrogen and oxygen atoms in total. The van der Waals surface area contributed by atoms with Gasteiger partial charge in [-0.05, 0) is 30.0 Å². The molecule has 2 aromatic heterocycles. The van der Waals surface area contributed by atoms with Crippen LogP contribution in [0.25, 0.3) is 21.9 Å². The lowest BCUT2D eigenvalue weighted by atomic mass is 9.97. The molecule has 0 spiro atoms. The number of carbonyl (C=O) groups is 1. The summed E-state index contributed by atoms with van der Waals surface area (Å²) in [4.78, 5) is 21.0.